The molecule has 1 aromatic heterocycles. The molecule has 0 bridgehead atoms. The molecule has 0 spiro atoms. The summed E-state index contributed by atoms with van der Waals surface area (Å²) in [6, 6.07) is 15.1. The van der Waals surface area contributed by atoms with Crippen molar-refractivity contribution in [2.75, 3.05) is 0 Å². The molecule has 3 aromatic rings. The molecule has 0 saturated heterocycles. The van der Waals surface area contributed by atoms with Gasteiger partial charge in [-0.25, -0.2) is 19.3 Å². The maximum absolute atomic E-state index is 13.2. The number of aromatic nitrogens is 2. The number of halogens is 1. The summed E-state index contributed by atoms with van der Waals surface area (Å²) in [6.45, 7) is 5.28. The largest absolute Gasteiger partial charge is 0.366 e. The molecule has 25 heavy (non-hydrogen) atoms. The second kappa shape index (κ2) is 7.00. The summed E-state index contributed by atoms with van der Waals surface area (Å²) in [5.74, 6) is -0.969. The molecule has 5 nitrogen and oxygen atoms in total. The molecule has 3 rings (SSSR count). The predicted octanol–water partition coefficient (Wildman–Crippen LogP) is 3.87. The minimum absolute atomic E-state index is 0.254. The predicted molar refractivity (Wildman–Crippen MR) is 92.3 cm³/mol. The minimum Gasteiger partial charge on any atom is -0.338 e. The smallest absolute Gasteiger partial charge is 0.338 e. The van der Waals surface area contributed by atoms with Crippen molar-refractivity contribution in [3.63, 3.8) is 0 Å². The number of carbonyl (C=O) groups is 1. The lowest BCUT2D eigenvalue weighted by atomic mass is 10.1. The zero-order valence-corrected chi connectivity index (χ0v) is 13.6. The number of rotatable bonds is 5. The van der Waals surface area contributed by atoms with Crippen LogP contribution in [0.2, 0.25) is 0 Å². The van der Waals surface area contributed by atoms with Crippen LogP contribution < -0.4 is 5.48 Å². The van der Waals surface area contributed by atoms with Gasteiger partial charge in [0.05, 0.1) is 5.69 Å². The van der Waals surface area contributed by atoms with Crippen LogP contribution in [0, 0.1) is 5.82 Å². The summed E-state index contributed by atoms with van der Waals surface area (Å²) < 4.78 is 14.8. The van der Waals surface area contributed by atoms with Crippen molar-refractivity contribution < 1.29 is 14.0 Å². The molecule has 0 aliphatic rings. The van der Waals surface area contributed by atoms with Crippen molar-refractivity contribution >= 4 is 5.97 Å². The van der Waals surface area contributed by atoms with E-state index in [1.807, 2.05) is 30.3 Å². The Hall–Kier alpha value is -3.41. The Morgan fingerprint density at radius 1 is 1.16 bits per heavy atom. The van der Waals surface area contributed by atoms with Gasteiger partial charge in [-0.2, -0.15) is 5.10 Å². The fraction of sp³-hybridized carbons (Fsp3) is 0.0526. The van der Waals surface area contributed by atoms with Gasteiger partial charge in [-0.15, -0.1) is 0 Å². The van der Waals surface area contributed by atoms with Gasteiger partial charge in [0.2, 0.25) is 0 Å². The number of para-hydroxylation sites is 1. The first-order valence-electron chi connectivity index (χ1n) is 7.58. The summed E-state index contributed by atoms with van der Waals surface area (Å²) >= 11 is 0. The van der Waals surface area contributed by atoms with E-state index in [9.17, 15) is 9.18 Å². The van der Waals surface area contributed by atoms with E-state index >= 15 is 0 Å². The molecule has 0 aliphatic carbocycles. The molecular formula is C19H16FN3O2. The number of hydroxylamine groups is 1. The van der Waals surface area contributed by atoms with Gasteiger partial charge in [-0.3, -0.25) is 0 Å². The standard InChI is InChI=1S/C19H16FN3O2/c1-13(2)22-25-19(24)17-12-23(16-6-4-3-5-7-16)21-18(17)14-8-10-15(20)11-9-14/h3-12,22H,1H2,2H3. The van der Waals surface area contributed by atoms with Gasteiger partial charge in [-0.05, 0) is 43.3 Å². The van der Waals surface area contributed by atoms with E-state index in [1.165, 1.54) is 12.1 Å². The highest BCUT2D eigenvalue weighted by molar-refractivity contribution is 5.96. The van der Waals surface area contributed by atoms with Gasteiger partial charge >= 0.3 is 5.97 Å². The zero-order chi connectivity index (χ0) is 17.8. The van der Waals surface area contributed by atoms with E-state index in [2.05, 4.69) is 17.2 Å². The number of nitrogens with zero attached hydrogens (tertiary/aromatic N) is 2. The number of benzene rings is 2. The van der Waals surface area contributed by atoms with Crippen molar-refractivity contribution in [1.82, 2.24) is 15.3 Å². The zero-order valence-electron chi connectivity index (χ0n) is 13.6. The Morgan fingerprint density at radius 2 is 1.84 bits per heavy atom. The Balaban J connectivity index is 2.04. The summed E-state index contributed by atoms with van der Waals surface area (Å²) in [5, 5.41) is 4.47. The van der Waals surface area contributed by atoms with Crippen molar-refractivity contribution in [2.24, 2.45) is 0 Å². The summed E-state index contributed by atoms with van der Waals surface area (Å²) in [6.07, 6.45) is 1.58. The molecule has 126 valence electrons. The number of allylic oxidation sites excluding steroid dienone is 1. The van der Waals surface area contributed by atoms with Crippen LogP contribution in [0.1, 0.15) is 17.3 Å². The van der Waals surface area contributed by atoms with E-state index in [0.29, 0.717) is 17.0 Å². The molecule has 0 atom stereocenters. The normalized spacial score (nSPS) is 10.3. The van der Waals surface area contributed by atoms with Crippen LogP contribution in [0.15, 0.2) is 73.1 Å². The monoisotopic (exact) mass is 337 g/mol. The summed E-state index contributed by atoms with van der Waals surface area (Å²) in [4.78, 5) is 17.4. The maximum Gasteiger partial charge on any atom is 0.366 e. The SMILES string of the molecule is C=C(C)NOC(=O)c1cn(-c2ccccc2)nc1-c1ccc(F)cc1. The molecule has 2 aromatic carbocycles. The molecule has 0 radical (unpaired) electrons. The summed E-state index contributed by atoms with van der Waals surface area (Å²) in [7, 11) is 0. The molecule has 0 fully saturated rings. The Labute approximate surface area is 144 Å². The van der Waals surface area contributed by atoms with Gasteiger partial charge in [0, 0.05) is 17.5 Å². The van der Waals surface area contributed by atoms with Gasteiger partial charge in [-0.1, -0.05) is 24.8 Å². The Bertz CT molecular complexity index is 902. The van der Waals surface area contributed by atoms with Gasteiger partial charge in [0.1, 0.15) is 17.1 Å². The second-order valence-electron chi connectivity index (χ2n) is 5.45. The molecule has 1 heterocycles. The Kier molecular flexibility index (Phi) is 4.61. The third-order valence-corrected chi connectivity index (χ3v) is 3.39. The van der Waals surface area contributed by atoms with Crippen LogP contribution in [-0.2, 0) is 4.84 Å². The van der Waals surface area contributed by atoms with E-state index in [4.69, 9.17) is 4.84 Å². The number of hydrogen-bond acceptors (Lipinski definition) is 4. The topological polar surface area (TPSA) is 56.1 Å². The first kappa shape index (κ1) is 16.4. The van der Waals surface area contributed by atoms with Gasteiger partial charge < -0.3 is 4.84 Å². The highest BCUT2D eigenvalue weighted by Gasteiger charge is 2.20. The molecule has 0 unspecified atom stereocenters. The quantitative estimate of drug-likeness (QED) is 0.718. The van der Waals surface area contributed by atoms with Gasteiger partial charge in [0.25, 0.3) is 0 Å². The van der Waals surface area contributed by atoms with Crippen LogP contribution in [0.4, 0.5) is 4.39 Å². The fourth-order valence-corrected chi connectivity index (χ4v) is 2.25. The third kappa shape index (κ3) is 3.74. The van der Waals surface area contributed by atoms with Crippen LogP contribution >= 0.6 is 0 Å². The van der Waals surface area contributed by atoms with Crippen molar-refractivity contribution in [1.29, 1.82) is 0 Å². The van der Waals surface area contributed by atoms with E-state index in [1.54, 1.807) is 29.9 Å². The van der Waals surface area contributed by atoms with E-state index < -0.39 is 5.97 Å². The highest BCUT2D eigenvalue weighted by atomic mass is 19.1. The molecule has 0 aliphatic heterocycles. The molecule has 0 amide bonds. The second-order valence-corrected chi connectivity index (χ2v) is 5.45. The minimum atomic E-state index is -0.607. The first-order chi connectivity index (χ1) is 12.0. The van der Waals surface area contributed by atoms with Crippen LogP contribution in [0.25, 0.3) is 16.9 Å². The molecule has 6 heteroatoms. The number of carbonyl (C=O) groups excluding carboxylic acids is 1. The highest BCUT2D eigenvalue weighted by Crippen LogP contribution is 2.24. The van der Waals surface area contributed by atoms with Crippen molar-refractivity contribution in [3.05, 3.63) is 84.5 Å². The van der Waals surface area contributed by atoms with Crippen LogP contribution in [0.3, 0.4) is 0 Å². The van der Waals surface area contributed by atoms with Crippen LogP contribution in [-0.4, -0.2) is 15.7 Å². The fourth-order valence-electron chi connectivity index (χ4n) is 2.25. The number of hydrogen-bond donors (Lipinski definition) is 1. The average molecular weight is 337 g/mol. The van der Waals surface area contributed by atoms with Crippen LogP contribution in [0.5, 0.6) is 0 Å². The lowest BCUT2D eigenvalue weighted by molar-refractivity contribution is 0.0326. The number of nitrogens with one attached hydrogen (secondary N) is 1. The molecule has 0 saturated carbocycles. The summed E-state index contributed by atoms with van der Waals surface area (Å²) in [5.41, 5.74) is 4.99. The van der Waals surface area contributed by atoms with Crippen molar-refractivity contribution in [2.45, 2.75) is 6.92 Å². The van der Waals surface area contributed by atoms with Gasteiger partial charge in [0.15, 0.2) is 0 Å². The first-order valence-corrected chi connectivity index (χ1v) is 7.58. The third-order valence-electron chi connectivity index (χ3n) is 3.39. The lowest BCUT2D eigenvalue weighted by Crippen LogP contribution is -2.17. The maximum atomic E-state index is 13.2. The lowest BCUT2D eigenvalue weighted by Gasteiger charge is -2.05. The molecular weight excluding hydrogens is 321 g/mol. The van der Waals surface area contributed by atoms with E-state index in [-0.39, 0.29) is 11.4 Å². The molecule has 1 N–H and O–H groups in total. The van der Waals surface area contributed by atoms with E-state index in [0.717, 1.165) is 5.69 Å². The Morgan fingerprint density at radius 3 is 2.48 bits per heavy atom. The average Bonchev–Trinajstić information content (AvgIpc) is 3.06. The van der Waals surface area contributed by atoms with Crippen molar-refractivity contribution in [3.8, 4) is 16.9 Å².